The Morgan fingerprint density at radius 1 is 1.36 bits per heavy atom. The summed E-state index contributed by atoms with van der Waals surface area (Å²) in [4.78, 5) is 20.7. The Hall–Kier alpha value is -3.16. The molecular weight excluding hydrogens is 320 g/mol. The second-order valence-corrected chi connectivity index (χ2v) is 6.06. The van der Waals surface area contributed by atoms with Crippen molar-refractivity contribution >= 4 is 11.7 Å². The zero-order valence-electron chi connectivity index (χ0n) is 13.8. The molecule has 2 amide bonds. The van der Waals surface area contributed by atoms with Crippen LogP contribution < -0.4 is 10.6 Å². The third kappa shape index (κ3) is 3.23. The van der Waals surface area contributed by atoms with Crippen LogP contribution in [0.15, 0.2) is 41.4 Å². The predicted molar refractivity (Wildman–Crippen MR) is 91.0 cm³/mol. The maximum atomic E-state index is 12.3. The van der Waals surface area contributed by atoms with E-state index in [-0.39, 0.29) is 12.1 Å². The van der Waals surface area contributed by atoms with Gasteiger partial charge in [0.1, 0.15) is 18.4 Å². The van der Waals surface area contributed by atoms with Crippen LogP contribution in [0, 0.1) is 6.92 Å². The molecule has 1 aromatic carbocycles. The summed E-state index contributed by atoms with van der Waals surface area (Å²) in [5, 5.41) is 10.0. The molecule has 4 rings (SSSR count). The first-order valence-corrected chi connectivity index (χ1v) is 8.14. The normalized spacial score (nSPS) is 16.3. The van der Waals surface area contributed by atoms with Crippen LogP contribution >= 0.6 is 0 Å². The number of nitrogens with zero attached hydrogens (tertiary/aromatic N) is 4. The number of amides is 2. The van der Waals surface area contributed by atoms with E-state index in [0.717, 1.165) is 29.8 Å². The third-order valence-electron chi connectivity index (χ3n) is 4.30. The van der Waals surface area contributed by atoms with Crippen molar-refractivity contribution in [3.8, 4) is 11.5 Å². The van der Waals surface area contributed by atoms with Crippen molar-refractivity contribution in [3.05, 3.63) is 48.4 Å². The molecule has 3 heterocycles. The number of hydrogen-bond donors (Lipinski definition) is 2. The summed E-state index contributed by atoms with van der Waals surface area (Å²) in [6, 6.07) is 5.44. The first-order valence-electron chi connectivity index (χ1n) is 8.14. The molecule has 1 atom stereocenters. The predicted octanol–water partition coefficient (Wildman–Crippen LogP) is 2.38. The highest BCUT2D eigenvalue weighted by Gasteiger charge is 2.21. The topological polar surface area (TPSA) is 97.9 Å². The minimum absolute atomic E-state index is 0.0332. The molecule has 2 aromatic heterocycles. The van der Waals surface area contributed by atoms with Gasteiger partial charge in [0.25, 0.3) is 0 Å². The summed E-state index contributed by atoms with van der Waals surface area (Å²) < 4.78 is 7.19. The molecule has 0 saturated carbocycles. The van der Waals surface area contributed by atoms with Crippen molar-refractivity contribution in [2.24, 2.45) is 0 Å². The standard InChI is InChI=1S/C17H18N6O2/c1-11-2-3-12(8-14(11)16-18-6-7-25-16)21-17(24)22-13-4-5-15-19-10-20-23(15)9-13/h2-3,6-8,10,13H,4-5,9H2,1H3,(H2,21,22,24)/t13-/m1/s1. The number of carbonyl (C=O) groups excluding carboxylic acids is 1. The number of fused-ring (bicyclic) bond motifs is 1. The Bertz CT molecular complexity index is 886. The number of anilines is 1. The zero-order chi connectivity index (χ0) is 17.2. The van der Waals surface area contributed by atoms with E-state index in [1.54, 1.807) is 12.5 Å². The van der Waals surface area contributed by atoms with Gasteiger partial charge in [-0.05, 0) is 31.0 Å². The molecule has 0 spiro atoms. The lowest BCUT2D eigenvalue weighted by Gasteiger charge is -2.23. The van der Waals surface area contributed by atoms with Crippen molar-refractivity contribution in [1.29, 1.82) is 0 Å². The summed E-state index contributed by atoms with van der Waals surface area (Å²) >= 11 is 0. The average Bonchev–Trinajstić information content (AvgIpc) is 3.27. The molecule has 0 unspecified atom stereocenters. The van der Waals surface area contributed by atoms with Gasteiger partial charge in [-0.2, -0.15) is 5.10 Å². The average molecular weight is 338 g/mol. The molecule has 25 heavy (non-hydrogen) atoms. The molecule has 8 nitrogen and oxygen atoms in total. The molecular formula is C17H18N6O2. The summed E-state index contributed by atoms with van der Waals surface area (Å²) in [6.07, 6.45) is 6.34. The minimum atomic E-state index is -0.240. The maximum absolute atomic E-state index is 12.3. The molecule has 0 radical (unpaired) electrons. The van der Waals surface area contributed by atoms with Gasteiger partial charge in [0, 0.05) is 17.7 Å². The van der Waals surface area contributed by atoms with E-state index in [9.17, 15) is 4.79 Å². The molecule has 8 heteroatoms. The Balaban J connectivity index is 1.42. The molecule has 0 saturated heterocycles. The summed E-state index contributed by atoms with van der Waals surface area (Å²) in [5.41, 5.74) is 2.57. The fraction of sp³-hybridized carbons (Fsp3) is 0.294. The highest BCUT2D eigenvalue weighted by molar-refractivity contribution is 5.90. The Morgan fingerprint density at radius 3 is 3.12 bits per heavy atom. The van der Waals surface area contributed by atoms with Gasteiger partial charge in [-0.1, -0.05) is 6.07 Å². The second-order valence-electron chi connectivity index (χ2n) is 6.06. The van der Waals surface area contributed by atoms with Gasteiger partial charge in [-0.15, -0.1) is 0 Å². The lowest BCUT2D eigenvalue weighted by atomic mass is 10.1. The van der Waals surface area contributed by atoms with E-state index in [0.29, 0.717) is 18.1 Å². The fourth-order valence-corrected chi connectivity index (χ4v) is 2.99. The summed E-state index contributed by atoms with van der Waals surface area (Å²) in [6.45, 7) is 2.61. The van der Waals surface area contributed by atoms with Crippen LogP contribution in [-0.2, 0) is 13.0 Å². The zero-order valence-corrected chi connectivity index (χ0v) is 13.8. The largest absolute Gasteiger partial charge is 0.445 e. The number of aryl methyl sites for hydroxylation is 2. The van der Waals surface area contributed by atoms with Crippen LogP contribution in [0.1, 0.15) is 17.8 Å². The number of nitrogens with one attached hydrogen (secondary N) is 2. The van der Waals surface area contributed by atoms with Gasteiger partial charge >= 0.3 is 6.03 Å². The van der Waals surface area contributed by atoms with Gasteiger partial charge in [-0.3, -0.25) is 0 Å². The second kappa shape index (κ2) is 6.39. The Morgan fingerprint density at radius 2 is 2.28 bits per heavy atom. The maximum Gasteiger partial charge on any atom is 0.319 e. The van der Waals surface area contributed by atoms with Crippen LogP contribution in [0.5, 0.6) is 0 Å². The monoisotopic (exact) mass is 338 g/mol. The van der Waals surface area contributed by atoms with E-state index >= 15 is 0 Å². The lowest BCUT2D eigenvalue weighted by Crippen LogP contribution is -2.43. The molecule has 0 aliphatic carbocycles. The van der Waals surface area contributed by atoms with Crippen molar-refractivity contribution < 1.29 is 9.21 Å². The molecule has 1 aliphatic heterocycles. The number of benzene rings is 1. The van der Waals surface area contributed by atoms with Crippen LogP contribution in [0.3, 0.4) is 0 Å². The Kier molecular flexibility index (Phi) is 3.93. The van der Waals surface area contributed by atoms with Crippen molar-refractivity contribution in [1.82, 2.24) is 25.1 Å². The highest BCUT2D eigenvalue weighted by atomic mass is 16.3. The van der Waals surface area contributed by atoms with Crippen LogP contribution in [0.2, 0.25) is 0 Å². The number of oxazole rings is 1. The molecule has 128 valence electrons. The van der Waals surface area contributed by atoms with E-state index in [1.807, 2.05) is 29.8 Å². The molecule has 0 fully saturated rings. The fourth-order valence-electron chi connectivity index (χ4n) is 2.99. The molecule has 3 aromatic rings. The molecule has 2 N–H and O–H groups in total. The van der Waals surface area contributed by atoms with Gasteiger partial charge < -0.3 is 15.1 Å². The quantitative estimate of drug-likeness (QED) is 0.764. The summed E-state index contributed by atoms with van der Waals surface area (Å²) in [7, 11) is 0. The smallest absolute Gasteiger partial charge is 0.319 e. The number of rotatable bonds is 3. The van der Waals surface area contributed by atoms with Crippen LogP contribution in [-0.4, -0.2) is 31.8 Å². The van der Waals surface area contributed by atoms with Gasteiger partial charge in [0.2, 0.25) is 5.89 Å². The number of carbonyl (C=O) groups is 1. The van der Waals surface area contributed by atoms with Crippen molar-refractivity contribution in [2.45, 2.75) is 32.4 Å². The van der Waals surface area contributed by atoms with E-state index in [1.165, 1.54) is 6.26 Å². The van der Waals surface area contributed by atoms with E-state index in [4.69, 9.17) is 4.42 Å². The minimum Gasteiger partial charge on any atom is -0.445 e. The van der Waals surface area contributed by atoms with Crippen molar-refractivity contribution in [3.63, 3.8) is 0 Å². The summed E-state index contributed by atoms with van der Waals surface area (Å²) in [5.74, 6) is 1.50. The first-order chi connectivity index (χ1) is 12.2. The molecule has 1 aliphatic rings. The van der Waals surface area contributed by atoms with Crippen molar-refractivity contribution in [2.75, 3.05) is 5.32 Å². The highest BCUT2D eigenvalue weighted by Crippen LogP contribution is 2.25. The van der Waals surface area contributed by atoms with E-state index < -0.39 is 0 Å². The van der Waals surface area contributed by atoms with Crippen LogP contribution in [0.4, 0.5) is 10.5 Å². The van der Waals surface area contributed by atoms with Gasteiger partial charge in [-0.25, -0.2) is 19.4 Å². The lowest BCUT2D eigenvalue weighted by molar-refractivity contribution is 0.243. The van der Waals surface area contributed by atoms with Gasteiger partial charge in [0.05, 0.1) is 18.8 Å². The van der Waals surface area contributed by atoms with Crippen LogP contribution in [0.25, 0.3) is 11.5 Å². The molecule has 0 bridgehead atoms. The SMILES string of the molecule is Cc1ccc(NC(=O)N[C@@H]2CCc3ncnn3C2)cc1-c1ncco1. The first kappa shape index (κ1) is 15.4. The number of urea groups is 1. The van der Waals surface area contributed by atoms with E-state index in [2.05, 4.69) is 25.7 Å². The third-order valence-corrected chi connectivity index (χ3v) is 4.30. The van der Waals surface area contributed by atoms with Gasteiger partial charge in [0.15, 0.2) is 0 Å². The number of aromatic nitrogens is 4. The Labute approximate surface area is 144 Å². The number of hydrogen-bond acceptors (Lipinski definition) is 5.